The average Bonchev–Trinajstić information content (AvgIpc) is 2.78. The van der Waals surface area contributed by atoms with E-state index in [-0.39, 0.29) is 17.6 Å². The van der Waals surface area contributed by atoms with E-state index in [0.29, 0.717) is 38.0 Å². The molecule has 2 amide bonds. The summed E-state index contributed by atoms with van der Waals surface area (Å²) in [5.74, 6) is -0.230. The van der Waals surface area contributed by atoms with Crippen LogP contribution in [0.2, 0.25) is 0 Å². The second-order valence-corrected chi connectivity index (χ2v) is 7.90. The highest BCUT2D eigenvalue weighted by Gasteiger charge is 2.43. The van der Waals surface area contributed by atoms with Gasteiger partial charge >= 0.3 is 0 Å². The quantitative estimate of drug-likeness (QED) is 0.692. The van der Waals surface area contributed by atoms with Gasteiger partial charge in [0, 0.05) is 31.6 Å². The van der Waals surface area contributed by atoms with Gasteiger partial charge in [0.05, 0.1) is 5.41 Å². The number of hydrogen-bond donors (Lipinski definition) is 1. The Labute approximate surface area is 177 Å². The van der Waals surface area contributed by atoms with E-state index in [2.05, 4.69) is 11.9 Å². The number of likely N-dealkylation sites (tertiary alicyclic amines) is 1. The van der Waals surface area contributed by atoms with Crippen LogP contribution in [0.1, 0.15) is 31.7 Å². The molecule has 0 radical (unpaired) electrons. The Kier molecular flexibility index (Phi) is 7.03. The van der Waals surface area contributed by atoms with Crippen molar-refractivity contribution in [1.82, 2.24) is 10.2 Å². The smallest absolute Gasteiger partial charge is 0.228 e. The molecule has 1 saturated heterocycles. The molecule has 158 valence electrons. The topological polar surface area (TPSA) is 49.4 Å². The first-order valence-corrected chi connectivity index (χ1v) is 10.5. The molecule has 5 heteroatoms. The normalized spacial score (nSPS) is 18.7. The summed E-state index contributed by atoms with van der Waals surface area (Å²) < 4.78 is 14.1. The fraction of sp³-hybridized carbons (Fsp3) is 0.360. The van der Waals surface area contributed by atoms with Crippen LogP contribution in [0.3, 0.4) is 0 Å². The zero-order valence-electron chi connectivity index (χ0n) is 17.5. The Morgan fingerprint density at radius 1 is 1.20 bits per heavy atom. The van der Waals surface area contributed by atoms with Gasteiger partial charge in [-0.15, -0.1) is 6.58 Å². The molecule has 0 aliphatic carbocycles. The van der Waals surface area contributed by atoms with Crippen LogP contribution in [0.4, 0.5) is 4.39 Å². The second-order valence-electron chi connectivity index (χ2n) is 7.90. The van der Waals surface area contributed by atoms with Crippen LogP contribution in [0.5, 0.6) is 0 Å². The number of nitrogens with one attached hydrogen (secondary N) is 1. The Balaban J connectivity index is 1.85. The van der Waals surface area contributed by atoms with Crippen LogP contribution in [0.25, 0.3) is 11.1 Å². The lowest BCUT2D eigenvalue weighted by atomic mass is 9.74. The maximum absolute atomic E-state index is 14.1. The van der Waals surface area contributed by atoms with Crippen molar-refractivity contribution in [3.05, 3.63) is 72.6 Å². The molecule has 1 atom stereocenters. The third-order valence-electron chi connectivity index (χ3n) is 5.80. The first-order valence-electron chi connectivity index (χ1n) is 10.5. The summed E-state index contributed by atoms with van der Waals surface area (Å²) >= 11 is 0. The van der Waals surface area contributed by atoms with Gasteiger partial charge in [0.15, 0.2) is 0 Å². The van der Waals surface area contributed by atoms with Crippen molar-refractivity contribution in [2.75, 3.05) is 19.6 Å². The predicted molar refractivity (Wildman–Crippen MR) is 117 cm³/mol. The van der Waals surface area contributed by atoms with Gasteiger partial charge in [0.2, 0.25) is 11.8 Å². The number of rotatable bonds is 7. The number of hydrogen-bond acceptors (Lipinski definition) is 2. The van der Waals surface area contributed by atoms with Crippen molar-refractivity contribution in [1.29, 1.82) is 0 Å². The lowest BCUT2D eigenvalue weighted by Gasteiger charge is -2.42. The molecular weight excluding hydrogens is 379 g/mol. The first-order chi connectivity index (χ1) is 14.5. The summed E-state index contributed by atoms with van der Waals surface area (Å²) in [7, 11) is 0. The van der Waals surface area contributed by atoms with Gasteiger partial charge in [-0.25, -0.2) is 4.39 Å². The van der Waals surface area contributed by atoms with E-state index in [1.54, 1.807) is 18.2 Å². The molecule has 1 N–H and O–H groups in total. The van der Waals surface area contributed by atoms with E-state index in [0.717, 1.165) is 24.0 Å². The minimum atomic E-state index is -0.675. The molecule has 1 unspecified atom stereocenters. The van der Waals surface area contributed by atoms with Crippen LogP contribution in [-0.4, -0.2) is 36.3 Å². The lowest BCUT2D eigenvalue weighted by molar-refractivity contribution is -0.141. The number of piperidine rings is 1. The second kappa shape index (κ2) is 9.70. The van der Waals surface area contributed by atoms with Crippen LogP contribution in [0.15, 0.2) is 61.2 Å². The molecule has 3 rings (SSSR count). The Morgan fingerprint density at radius 2 is 1.93 bits per heavy atom. The summed E-state index contributed by atoms with van der Waals surface area (Å²) in [6.45, 7) is 7.02. The van der Waals surface area contributed by atoms with Crippen molar-refractivity contribution in [3.63, 3.8) is 0 Å². The molecule has 0 aromatic heterocycles. The highest BCUT2D eigenvalue weighted by Crippen LogP contribution is 2.35. The highest BCUT2D eigenvalue weighted by molar-refractivity contribution is 5.85. The Bertz CT molecular complexity index is 910. The van der Waals surface area contributed by atoms with Crippen LogP contribution in [0, 0.1) is 11.2 Å². The fourth-order valence-electron chi connectivity index (χ4n) is 4.22. The minimum absolute atomic E-state index is 0.0471. The van der Waals surface area contributed by atoms with Crippen molar-refractivity contribution >= 4 is 11.8 Å². The molecule has 0 saturated carbocycles. The van der Waals surface area contributed by atoms with Crippen molar-refractivity contribution in [2.24, 2.45) is 5.41 Å². The maximum Gasteiger partial charge on any atom is 0.228 e. The molecule has 4 nitrogen and oxygen atoms in total. The molecule has 1 aliphatic heterocycles. The van der Waals surface area contributed by atoms with E-state index < -0.39 is 5.41 Å². The summed E-state index contributed by atoms with van der Waals surface area (Å²) in [6.07, 6.45) is 4.13. The zero-order chi connectivity index (χ0) is 21.6. The van der Waals surface area contributed by atoms with E-state index in [1.807, 2.05) is 42.2 Å². The molecule has 2 aromatic rings. The molecular formula is C25H29FN2O2. The van der Waals surface area contributed by atoms with Gasteiger partial charge in [0.1, 0.15) is 5.82 Å². The number of benzene rings is 2. The number of nitrogens with zero attached hydrogens (tertiary/aromatic N) is 1. The molecule has 30 heavy (non-hydrogen) atoms. The highest BCUT2D eigenvalue weighted by atomic mass is 19.1. The van der Waals surface area contributed by atoms with Gasteiger partial charge in [-0.1, -0.05) is 55.5 Å². The SMILES string of the molecule is C=CCNC(=O)C1(Cc2ccc(-c3ccccc3F)cc2)CCCN(C(=O)CC)C1. The van der Waals surface area contributed by atoms with Gasteiger partial charge in [-0.2, -0.15) is 0 Å². The number of carbonyl (C=O) groups is 2. The van der Waals surface area contributed by atoms with Gasteiger partial charge < -0.3 is 10.2 Å². The summed E-state index contributed by atoms with van der Waals surface area (Å²) in [4.78, 5) is 27.3. The van der Waals surface area contributed by atoms with Crippen molar-refractivity contribution < 1.29 is 14.0 Å². The molecule has 1 aliphatic rings. The van der Waals surface area contributed by atoms with Gasteiger partial charge in [-0.3, -0.25) is 9.59 Å². The fourth-order valence-corrected chi connectivity index (χ4v) is 4.22. The molecule has 0 spiro atoms. The van der Waals surface area contributed by atoms with Gasteiger partial charge in [-0.05, 0) is 36.5 Å². The number of amides is 2. The third kappa shape index (κ3) is 4.78. The maximum atomic E-state index is 14.1. The molecule has 2 aromatic carbocycles. The van der Waals surface area contributed by atoms with E-state index in [4.69, 9.17) is 0 Å². The van der Waals surface area contributed by atoms with Crippen LogP contribution < -0.4 is 5.32 Å². The lowest BCUT2D eigenvalue weighted by Crippen LogP contribution is -2.54. The number of halogens is 1. The first kappa shape index (κ1) is 21.8. The molecule has 1 fully saturated rings. The number of carbonyl (C=O) groups excluding carboxylic acids is 2. The van der Waals surface area contributed by atoms with Crippen LogP contribution in [-0.2, 0) is 16.0 Å². The Hall–Kier alpha value is -2.95. The zero-order valence-corrected chi connectivity index (χ0v) is 17.5. The molecule has 1 heterocycles. The predicted octanol–water partition coefficient (Wildman–Crippen LogP) is 4.36. The van der Waals surface area contributed by atoms with E-state index in [1.165, 1.54) is 6.07 Å². The summed E-state index contributed by atoms with van der Waals surface area (Å²) in [5, 5.41) is 2.94. The molecule has 0 bridgehead atoms. The van der Waals surface area contributed by atoms with Crippen LogP contribution >= 0.6 is 0 Å². The van der Waals surface area contributed by atoms with Gasteiger partial charge in [0.25, 0.3) is 0 Å². The third-order valence-corrected chi connectivity index (χ3v) is 5.80. The summed E-state index contributed by atoms with van der Waals surface area (Å²) in [6, 6.07) is 14.4. The monoisotopic (exact) mass is 408 g/mol. The largest absolute Gasteiger partial charge is 0.352 e. The average molecular weight is 409 g/mol. The van der Waals surface area contributed by atoms with E-state index in [9.17, 15) is 14.0 Å². The Morgan fingerprint density at radius 3 is 2.60 bits per heavy atom. The minimum Gasteiger partial charge on any atom is -0.352 e. The van der Waals surface area contributed by atoms with Crippen molar-refractivity contribution in [3.8, 4) is 11.1 Å². The summed E-state index contributed by atoms with van der Waals surface area (Å²) in [5.41, 5.74) is 1.67. The van der Waals surface area contributed by atoms with Crippen molar-refractivity contribution in [2.45, 2.75) is 32.6 Å². The standard InChI is InChI=1S/C25H29FN2O2/c1-3-15-27-24(30)25(14-7-16-28(18-25)23(29)4-2)17-19-10-12-20(13-11-19)21-8-5-6-9-22(21)26/h3,5-6,8-13H,1,4,7,14-18H2,2H3,(H,27,30). The van der Waals surface area contributed by atoms with E-state index >= 15 is 0 Å².